The Kier molecular flexibility index (Phi) is 12.5. The molecular formula is C40H44F2N2O6. The minimum absolute atomic E-state index is 0.273. The van der Waals surface area contributed by atoms with Gasteiger partial charge in [-0.05, 0) is 146 Å². The molecule has 2 aliphatic carbocycles. The third-order valence-corrected chi connectivity index (χ3v) is 9.85. The third-order valence-electron chi connectivity index (χ3n) is 9.85. The molecule has 6 rings (SSSR count). The van der Waals surface area contributed by atoms with E-state index in [2.05, 4.69) is 9.97 Å². The number of aryl methyl sites for hydroxylation is 4. The van der Waals surface area contributed by atoms with Crippen LogP contribution in [0.5, 0.6) is 11.5 Å². The average molecular weight is 687 g/mol. The van der Waals surface area contributed by atoms with Crippen LogP contribution in [-0.2, 0) is 35.2 Å². The fourth-order valence-corrected chi connectivity index (χ4v) is 7.25. The Labute approximate surface area is 292 Å². The SMILES string of the molecule is COC(=O)c1ccncc1CC[C@@H]1CCCc2cc(OC)c(F)cc21.COC(=O)c1ccncc1CC[C@H]1CCCc2cc(OC)c(F)cc21. The second kappa shape index (κ2) is 17.2. The van der Waals surface area contributed by atoms with Crippen molar-refractivity contribution >= 4 is 11.9 Å². The molecule has 4 aromatic rings. The zero-order valence-electron chi connectivity index (χ0n) is 29.1. The smallest absolute Gasteiger partial charge is 0.338 e. The van der Waals surface area contributed by atoms with E-state index in [9.17, 15) is 18.4 Å². The number of pyridine rings is 2. The molecule has 10 heteroatoms. The number of ether oxygens (including phenoxy) is 4. The van der Waals surface area contributed by atoms with Gasteiger partial charge >= 0.3 is 11.9 Å². The van der Waals surface area contributed by atoms with Crippen LogP contribution in [0.4, 0.5) is 8.78 Å². The first-order chi connectivity index (χ1) is 24.3. The van der Waals surface area contributed by atoms with Gasteiger partial charge in [-0.1, -0.05) is 0 Å². The van der Waals surface area contributed by atoms with Crippen LogP contribution in [-0.4, -0.2) is 50.3 Å². The number of carbonyl (C=O) groups excluding carboxylic acids is 2. The lowest BCUT2D eigenvalue weighted by molar-refractivity contribution is 0.0590. The fraction of sp³-hybridized carbons (Fsp3) is 0.400. The average Bonchev–Trinajstić information content (AvgIpc) is 3.15. The first kappa shape index (κ1) is 36.4. The number of esters is 2. The molecule has 2 atom stereocenters. The van der Waals surface area contributed by atoms with Gasteiger partial charge in [-0.25, -0.2) is 18.4 Å². The number of halogens is 2. The van der Waals surface area contributed by atoms with Gasteiger partial charge in [-0.2, -0.15) is 0 Å². The van der Waals surface area contributed by atoms with Crippen LogP contribution in [0.3, 0.4) is 0 Å². The molecule has 0 spiro atoms. The van der Waals surface area contributed by atoms with Crippen LogP contribution in [0.1, 0.15) is 104 Å². The maximum absolute atomic E-state index is 14.1. The van der Waals surface area contributed by atoms with Crippen LogP contribution in [0, 0.1) is 11.6 Å². The lowest BCUT2D eigenvalue weighted by Crippen LogP contribution is -2.13. The normalized spacial score (nSPS) is 16.2. The van der Waals surface area contributed by atoms with E-state index in [1.165, 1.54) is 28.4 Å². The summed E-state index contributed by atoms with van der Waals surface area (Å²) in [6.45, 7) is 0. The number of benzene rings is 2. The van der Waals surface area contributed by atoms with Crippen molar-refractivity contribution < 1.29 is 37.3 Å². The van der Waals surface area contributed by atoms with Gasteiger partial charge in [0.15, 0.2) is 23.1 Å². The van der Waals surface area contributed by atoms with Crippen LogP contribution in [0.25, 0.3) is 0 Å². The molecule has 0 unspecified atom stereocenters. The van der Waals surface area contributed by atoms with Crippen LogP contribution in [0.2, 0.25) is 0 Å². The van der Waals surface area contributed by atoms with Gasteiger partial charge in [0.25, 0.3) is 0 Å². The van der Waals surface area contributed by atoms with E-state index in [1.807, 2.05) is 12.1 Å². The van der Waals surface area contributed by atoms with Crippen molar-refractivity contribution in [1.29, 1.82) is 0 Å². The molecule has 8 nitrogen and oxygen atoms in total. The van der Waals surface area contributed by atoms with E-state index in [1.54, 1.807) is 49.1 Å². The van der Waals surface area contributed by atoms with Crippen LogP contribution in [0.15, 0.2) is 61.2 Å². The quantitative estimate of drug-likeness (QED) is 0.154. The molecule has 50 heavy (non-hydrogen) atoms. The van der Waals surface area contributed by atoms with Crippen molar-refractivity contribution in [3.63, 3.8) is 0 Å². The summed E-state index contributed by atoms with van der Waals surface area (Å²) in [5, 5.41) is 0. The molecule has 0 saturated carbocycles. The molecule has 0 aliphatic heterocycles. The van der Waals surface area contributed by atoms with Gasteiger partial charge in [0, 0.05) is 24.8 Å². The zero-order chi connectivity index (χ0) is 35.6. The van der Waals surface area contributed by atoms with Crippen molar-refractivity contribution in [2.75, 3.05) is 28.4 Å². The molecule has 2 aromatic carbocycles. The Morgan fingerprint density at radius 1 is 0.680 bits per heavy atom. The molecule has 0 fully saturated rings. The van der Waals surface area contributed by atoms with Crippen molar-refractivity contribution in [2.24, 2.45) is 0 Å². The summed E-state index contributed by atoms with van der Waals surface area (Å²) in [6.07, 6.45) is 15.8. The molecule has 264 valence electrons. The number of nitrogens with zero attached hydrogens (tertiary/aromatic N) is 2. The molecular weight excluding hydrogens is 642 g/mol. The Morgan fingerprint density at radius 3 is 1.48 bits per heavy atom. The van der Waals surface area contributed by atoms with E-state index in [-0.39, 0.29) is 35.4 Å². The van der Waals surface area contributed by atoms with Crippen molar-refractivity contribution in [3.8, 4) is 11.5 Å². The number of rotatable bonds is 10. The largest absolute Gasteiger partial charge is 0.494 e. The van der Waals surface area contributed by atoms with Gasteiger partial charge in [-0.15, -0.1) is 0 Å². The maximum atomic E-state index is 14.1. The van der Waals surface area contributed by atoms with Crippen molar-refractivity contribution in [2.45, 2.75) is 76.0 Å². The summed E-state index contributed by atoms with van der Waals surface area (Å²) >= 11 is 0. The minimum atomic E-state index is -0.350. The summed E-state index contributed by atoms with van der Waals surface area (Å²) in [7, 11) is 5.73. The minimum Gasteiger partial charge on any atom is -0.494 e. The molecule has 0 radical (unpaired) electrons. The van der Waals surface area contributed by atoms with Gasteiger partial charge in [-0.3, -0.25) is 9.97 Å². The molecule has 2 aromatic heterocycles. The van der Waals surface area contributed by atoms with Gasteiger partial charge < -0.3 is 18.9 Å². The Morgan fingerprint density at radius 2 is 1.10 bits per heavy atom. The third kappa shape index (κ3) is 8.46. The number of carbonyl (C=O) groups is 2. The van der Waals surface area contributed by atoms with Crippen molar-refractivity contribution in [3.05, 3.63) is 117 Å². The molecule has 0 saturated heterocycles. The Hall–Kier alpha value is -4.86. The summed E-state index contributed by atoms with van der Waals surface area (Å²) < 4.78 is 48.1. The van der Waals surface area contributed by atoms with Gasteiger partial charge in [0.05, 0.1) is 39.6 Å². The number of fused-ring (bicyclic) bond motifs is 2. The summed E-state index contributed by atoms with van der Waals surface area (Å²) in [5.74, 6) is -0.173. The second-order valence-corrected chi connectivity index (χ2v) is 12.7. The highest BCUT2D eigenvalue weighted by atomic mass is 19.1. The maximum Gasteiger partial charge on any atom is 0.338 e. The number of hydrogen-bond acceptors (Lipinski definition) is 8. The monoisotopic (exact) mass is 686 g/mol. The van der Waals surface area contributed by atoms with E-state index < -0.39 is 0 Å². The lowest BCUT2D eigenvalue weighted by Gasteiger charge is -2.26. The highest BCUT2D eigenvalue weighted by Crippen LogP contribution is 2.39. The molecule has 2 aliphatic rings. The van der Waals surface area contributed by atoms with Gasteiger partial charge in [0.1, 0.15) is 0 Å². The van der Waals surface area contributed by atoms with E-state index in [0.717, 1.165) is 84.7 Å². The fourth-order valence-electron chi connectivity index (χ4n) is 7.25. The summed E-state index contributed by atoms with van der Waals surface area (Å²) in [4.78, 5) is 32.0. The highest BCUT2D eigenvalue weighted by Gasteiger charge is 2.25. The van der Waals surface area contributed by atoms with E-state index in [0.29, 0.717) is 35.5 Å². The van der Waals surface area contributed by atoms with E-state index >= 15 is 0 Å². The summed E-state index contributed by atoms with van der Waals surface area (Å²) in [5.41, 5.74) is 7.29. The first-order valence-corrected chi connectivity index (χ1v) is 17.0. The highest BCUT2D eigenvalue weighted by molar-refractivity contribution is 5.91. The van der Waals surface area contributed by atoms with Crippen molar-refractivity contribution in [1.82, 2.24) is 9.97 Å². The zero-order valence-corrected chi connectivity index (χ0v) is 29.1. The van der Waals surface area contributed by atoms with Crippen LogP contribution < -0.4 is 9.47 Å². The molecule has 0 amide bonds. The topological polar surface area (TPSA) is 96.8 Å². The van der Waals surface area contributed by atoms with E-state index in [4.69, 9.17) is 18.9 Å². The lowest BCUT2D eigenvalue weighted by atomic mass is 9.79. The molecule has 2 heterocycles. The predicted molar refractivity (Wildman–Crippen MR) is 185 cm³/mol. The number of methoxy groups -OCH3 is 4. The Balaban J connectivity index is 0.000000194. The molecule has 0 bridgehead atoms. The predicted octanol–water partition coefficient (Wildman–Crippen LogP) is 8.14. The number of aromatic nitrogens is 2. The summed E-state index contributed by atoms with van der Waals surface area (Å²) in [6, 6.07) is 10.2. The Bertz CT molecular complexity index is 1680. The standard InChI is InChI=1S/2C20H22FNO3/c2*1-24-19-10-14-5-3-4-13(17(14)11-18(19)21)6-7-15-12-22-9-8-16(15)20(23)25-2/h2*8-13H,3-7H2,1-2H3/t2*13-/m10/s1. The first-order valence-electron chi connectivity index (χ1n) is 17.0. The van der Waals surface area contributed by atoms with Crippen LogP contribution >= 0.6 is 0 Å². The number of hydrogen-bond donors (Lipinski definition) is 0. The van der Waals surface area contributed by atoms with Gasteiger partial charge in [0.2, 0.25) is 0 Å². The molecule has 0 N–H and O–H groups in total. The second-order valence-electron chi connectivity index (χ2n) is 12.7.